The zero-order chi connectivity index (χ0) is 20.0. The Balaban J connectivity index is 1.73. The Labute approximate surface area is 165 Å². The summed E-state index contributed by atoms with van der Waals surface area (Å²) >= 11 is 0. The Hall–Kier alpha value is -3.81. The molecule has 0 radical (unpaired) electrons. The van der Waals surface area contributed by atoms with Gasteiger partial charge < -0.3 is 19.2 Å². The summed E-state index contributed by atoms with van der Waals surface area (Å²) in [6.45, 7) is 4.00. The third-order valence-electron chi connectivity index (χ3n) is 4.58. The fourth-order valence-electron chi connectivity index (χ4n) is 3.35. The van der Waals surface area contributed by atoms with Crippen molar-refractivity contribution in [2.75, 3.05) is 6.79 Å². The molecule has 0 atom stereocenters. The molecular formula is C21H18N4O4. The van der Waals surface area contributed by atoms with Gasteiger partial charge in [0.1, 0.15) is 5.65 Å². The van der Waals surface area contributed by atoms with Crippen molar-refractivity contribution < 1.29 is 14.2 Å². The van der Waals surface area contributed by atoms with Crippen molar-refractivity contribution >= 4 is 5.65 Å². The number of hydrogen-bond acceptors (Lipinski definition) is 6. The molecule has 146 valence electrons. The van der Waals surface area contributed by atoms with Gasteiger partial charge in [0, 0.05) is 17.8 Å². The predicted molar refractivity (Wildman–Crippen MR) is 106 cm³/mol. The maximum atomic E-state index is 12.7. The molecule has 0 aliphatic carbocycles. The SMILES string of the molecule is CC(C)Oc1c(-c2cc(=O)n3ncc(-c4ccccn4)c3[nH]2)ccc2c1OCO2. The zero-order valence-electron chi connectivity index (χ0n) is 15.9. The van der Waals surface area contributed by atoms with E-state index in [0.717, 1.165) is 11.3 Å². The average Bonchev–Trinajstić information content (AvgIpc) is 3.35. The van der Waals surface area contributed by atoms with Gasteiger partial charge in [-0.25, -0.2) is 0 Å². The molecule has 0 fully saturated rings. The zero-order valence-corrected chi connectivity index (χ0v) is 15.9. The predicted octanol–water partition coefficient (Wildman–Crippen LogP) is 3.27. The van der Waals surface area contributed by atoms with Crippen LogP contribution in [-0.4, -0.2) is 32.5 Å². The van der Waals surface area contributed by atoms with E-state index < -0.39 is 0 Å². The average molecular weight is 390 g/mol. The second-order valence-electron chi connectivity index (χ2n) is 6.90. The van der Waals surface area contributed by atoms with Gasteiger partial charge in [0.2, 0.25) is 12.5 Å². The van der Waals surface area contributed by atoms with Crippen LogP contribution < -0.4 is 19.8 Å². The second kappa shape index (κ2) is 6.66. The summed E-state index contributed by atoms with van der Waals surface area (Å²) in [6, 6.07) is 10.8. The summed E-state index contributed by atoms with van der Waals surface area (Å²) < 4.78 is 18.4. The van der Waals surface area contributed by atoms with E-state index in [2.05, 4.69) is 15.1 Å². The summed E-state index contributed by atoms with van der Waals surface area (Å²) in [5, 5.41) is 4.21. The van der Waals surface area contributed by atoms with Gasteiger partial charge in [-0.15, -0.1) is 0 Å². The minimum absolute atomic E-state index is 0.0843. The minimum atomic E-state index is -0.260. The third-order valence-corrected chi connectivity index (χ3v) is 4.58. The summed E-state index contributed by atoms with van der Waals surface area (Å²) in [5.74, 6) is 1.69. The molecule has 1 aliphatic heterocycles. The van der Waals surface area contributed by atoms with Gasteiger partial charge in [0.15, 0.2) is 11.5 Å². The Morgan fingerprint density at radius 3 is 2.86 bits per heavy atom. The number of pyridine rings is 1. The third kappa shape index (κ3) is 2.89. The van der Waals surface area contributed by atoms with Crippen molar-refractivity contribution in [1.29, 1.82) is 0 Å². The normalized spacial score (nSPS) is 12.7. The Morgan fingerprint density at radius 2 is 2.07 bits per heavy atom. The quantitative estimate of drug-likeness (QED) is 0.575. The number of hydrogen-bond donors (Lipinski definition) is 1. The van der Waals surface area contributed by atoms with Gasteiger partial charge in [0.25, 0.3) is 5.56 Å². The number of H-pyrrole nitrogens is 1. The van der Waals surface area contributed by atoms with Crippen LogP contribution in [-0.2, 0) is 0 Å². The van der Waals surface area contributed by atoms with Crippen LogP contribution in [0, 0.1) is 0 Å². The topological polar surface area (TPSA) is 90.7 Å². The molecule has 8 nitrogen and oxygen atoms in total. The van der Waals surface area contributed by atoms with Crippen molar-refractivity contribution in [2.45, 2.75) is 20.0 Å². The van der Waals surface area contributed by atoms with E-state index in [1.54, 1.807) is 12.4 Å². The van der Waals surface area contributed by atoms with Gasteiger partial charge in [-0.3, -0.25) is 9.78 Å². The van der Waals surface area contributed by atoms with E-state index in [0.29, 0.717) is 34.2 Å². The van der Waals surface area contributed by atoms with Gasteiger partial charge in [0.05, 0.1) is 29.3 Å². The van der Waals surface area contributed by atoms with Crippen LogP contribution in [0.2, 0.25) is 0 Å². The van der Waals surface area contributed by atoms with Crippen LogP contribution >= 0.6 is 0 Å². The summed E-state index contributed by atoms with van der Waals surface area (Å²) in [7, 11) is 0. The molecule has 4 heterocycles. The lowest BCUT2D eigenvalue weighted by molar-refractivity contribution is 0.166. The molecule has 0 bridgehead atoms. The number of benzene rings is 1. The van der Waals surface area contributed by atoms with Crippen LogP contribution in [0.5, 0.6) is 17.2 Å². The molecule has 5 rings (SSSR count). The van der Waals surface area contributed by atoms with E-state index in [-0.39, 0.29) is 18.5 Å². The van der Waals surface area contributed by atoms with Crippen LogP contribution in [0.3, 0.4) is 0 Å². The lowest BCUT2D eigenvalue weighted by Crippen LogP contribution is -2.15. The lowest BCUT2D eigenvalue weighted by atomic mass is 10.1. The first-order chi connectivity index (χ1) is 14.1. The molecule has 4 aromatic rings. The number of rotatable bonds is 4. The van der Waals surface area contributed by atoms with E-state index in [1.807, 2.05) is 44.2 Å². The van der Waals surface area contributed by atoms with E-state index >= 15 is 0 Å². The molecule has 0 spiro atoms. The second-order valence-corrected chi connectivity index (χ2v) is 6.90. The number of ether oxygens (including phenoxy) is 3. The maximum Gasteiger partial charge on any atom is 0.274 e. The van der Waals surface area contributed by atoms with Crippen molar-refractivity contribution in [3.63, 3.8) is 0 Å². The van der Waals surface area contributed by atoms with Gasteiger partial charge in [-0.2, -0.15) is 9.61 Å². The number of nitrogens with zero attached hydrogens (tertiary/aromatic N) is 3. The van der Waals surface area contributed by atoms with Gasteiger partial charge >= 0.3 is 0 Å². The monoisotopic (exact) mass is 390 g/mol. The molecule has 0 saturated carbocycles. The molecular weight excluding hydrogens is 372 g/mol. The van der Waals surface area contributed by atoms with E-state index in [4.69, 9.17) is 14.2 Å². The highest BCUT2D eigenvalue weighted by molar-refractivity contribution is 5.79. The molecule has 29 heavy (non-hydrogen) atoms. The first-order valence-corrected chi connectivity index (χ1v) is 9.24. The first-order valence-electron chi connectivity index (χ1n) is 9.24. The van der Waals surface area contributed by atoms with E-state index in [9.17, 15) is 4.79 Å². The van der Waals surface area contributed by atoms with Gasteiger partial charge in [-0.1, -0.05) is 6.07 Å². The smallest absolute Gasteiger partial charge is 0.274 e. The van der Waals surface area contributed by atoms with Crippen LogP contribution in [0.1, 0.15) is 13.8 Å². The highest BCUT2D eigenvalue weighted by Gasteiger charge is 2.25. The molecule has 0 saturated heterocycles. The molecule has 1 aromatic carbocycles. The first kappa shape index (κ1) is 17.3. The van der Waals surface area contributed by atoms with Crippen molar-refractivity contribution in [3.8, 4) is 39.8 Å². The lowest BCUT2D eigenvalue weighted by Gasteiger charge is -2.16. The minimum Gasteiger partial charge on any atom is -0.486 e. The highest BCUT2D eigenvalue weighted by atomic mass is 16.7. The van der Waals surface area contributed by atoms with Crippen molar-refractivity contribution in [2.24, 2.45) is 0 Å². The van der Waals surface area contributed by atoms with Crippen LogP contribution in [0.15, 0.2) is 53.6 Å². The molecule has 8 heteroatoms. The standard InChI is InChI=1S/C21H18N4O4/c1-12(2)29-19-13(6-7-17-20(19)28-11-27-17)16-9-18(26)25-21(24-16)14(10-23-25)15-5-3-4-8-22-15/h3-10,12,24H,11H2,1-2H3. The maximum absolute atomic E-state index is 12.7. The molecule has 1 aliphatic rings. The molecule has 0 amide bonds. The van der Waals surface area contributed by atoms with Crippen LogP contribution in [0.25, 0.3) is 28.2 Å². The number of nitrogens with one attached hydrogen (secondary N) is 1. The number of aromatic amines is 1. The summed E-state index contributed by atoms with van der Waals surface area (Å²) in [4.78, 5) is 20.4. The summed E-state index contributed by atoms with van der Waals surface area (Å²) in [6.07, 6.45) is 3.25. The summed E-state index contributed by atoms with van der Waals surface area (Å²) in [5.41, 5.74) is 3.05. The van der Waals surface area contributed by atoms with E-state index in [1.165, 1.54) is 10.6 Å². The van der Waals surface area contributed by atoms with Crippen molar-refractivity contribution in [1.82, 2.24) is 19.6 Å². The van der Waals surface area contributed by atoms with Crippen LogP contribution in [0.4, 0.5) is 0 Å². The highest BCUT2D eigenvalue weighted by Crippen LogP contribution is 2.47. The largest absolute Gasteiger partial charge is 0.486 e. The van der Waals surface area contributed by atoms with Gasteiger partial charge in [-0.05, 0) is 38.1 Å². The number of fused-ring (bicyclic) bond motifs is 2. The molecule has 3 aromatic heterocycles. The fraction of sp³-hybridized carbons (Fsp3) is 0.190. The Kier molecular flexibility index (Phi) is 3.97. The molecule has 0 unspecified atom stereocenters. The van der Waals surface area contributed by atoms with Crippen molar-refractivity contribution in [3.05, 3.63) is 59.1 Å². The fourth-order valence-corrected chi connectivity index (χ4v) is 3.35. The Morgan fingerprint density at radius 1 is 1.17 bits per heavy atom. The number of aromatic nitrogens is 4. The Bertz CT molecular complexity index is 1260. The molecule has 1 N–H and O–H groups in total.